The molecule has 0 bridgehead atoms. The molecule has 2 rings (SSSR count). The Morgan fingerprint density at radius 1 is 1.40 bits per heavy atom. The highest BCUT2D eigenvalue weighted by atomic mass is 35.5. The minimum Gasteiger partial charge on any atom is -0.465 e. The summed E-state index contributed by atoms with van der Waals surface area (Å²) in [5.74, 6) is -0.128. The van der Waals surface area contributed by atoms with Crippen LogP contribution in [0.5, 0.6) is 0 Å². The molecule has 0 unspecified atom stereocenters. The Hall–Kier alpha value is -1.55. The number of halogens is 1. The molecule has 0 aliphatic heterocycles. The number of carbonyl (C=O) groups excluding carboxylic acids is 2. The van der Waals surface area contributed by atoms with Crippen molar-refractivity contribution < 1.29 is 14.3 Å². The van der Waals surface area contributed by atoms with Gasteiger partial charge in [0.15, 0.2) is 0 Å². The first kappa shape index (κ1) is 14.9. The summed E-state index contributed by atoms with van der Waals surface area (Å²) in [5.41, 5.74) is 1.46. The van der Waals surface area contributed by atoms with Crippen LogP contribution < -0.4 is 0 Å². The Balaban J connectivity index is 2.12. The molecule has 0 atom stereocenters. The molecule has 4 nitrogen and oxygen atoms in total. The highest BCUT2D eigenvalue weighted by Crippen LogP contribution is 2.28. The number of rotatable bonds is 6. The highest BCUT2D eigenvalue weighted by molar-refractivity contribution is 6.17. The molecule has 0 saturated heterocycles. The fourth-order valence-corrected chi connectivity index (χ4v) is 2.22. The number of amides is 1. The summed E-state index contributed by atoms with van der Waals surface area (Å²) < 4.78 is 4.93. The predicted octanol–water partition coefficient (Wildman–Crippen LogP) is 2.59. The fraction of sp³-hybridized carbons (Fsp3) is 0.467. The predicted molar refractivity (Wildman–Crippen MR) is 76.7 cm³/mol. The molecule has 1 aromatic carbocycles. The van der Waals surface area contributed by atoms with E-state index in [9.17, 15) is 9.59 Å². The normalized spacial score (nSPS) is 13.9. The lowest BCUT2D eigenvalue weighted by Crippen LogP contribution is -2.38. The van der Waals surface area contributed by atoms with Gasteiger partial charge >= 0.3 is 5.97 Å². The maximum Gasteiger partial charge on any atom is 0.325 e. The van der Waals surface area contributed by atoms with E-state index in [4.69, 9.17) is 16.3 Å². The average molecular weight is 296 g/mol. The van der Waals surface area contributed by atoms with Crippen LogP contribution in [0.4, 0.5) is 0 Å². The molecule has 0 N–H and O–H groups in total. The molecule has 1 fully saturated rings. The lowest BCUT2D eigenvalue weighted by molar-refractivity contribution is -0.144. The largest absolute Gasteiger partial charge is 0.465 e. The molecule has 0 heterocycles. The summed E-state index contributed by atoms with van der Waals surface area (Å²) in [5, 5.41) is 0. The van der Waals surface area contributed by atoms with Crippen molar-refractivity contribution >= 4 is 23.5 Å². The fourth-order valence-electron chi connectivity index (χ4n) is 2.05. The van der Waals surface area contributed by atoms with Gasteiger partial charge in [-0.15, -0.1) is 11.6 Å². The second-order valence-corrected chi connectivity index (χ2v) is 5.07. The van der Waals surface area contributed by atoms with Gasteiger partial charge in [0.1, 0.15) is 6.54 Å². The molecule has 1 aromatic rings. The third-order valence-corrected chi connectivity index (χ3v) is 3.49. The number of esters is 1. The van der Waals surface area contributed by atoms with Gasteiger partial charge in [0.05, 0.1) is 6.61 Å². The molecular weight excluding hydrogens is 278 g/mol. The van der Waals surface area contributed by atoms with Crippen molar-refractivity contribution in [2.24, 2.45) is 0 Å². The van der Waals surface area contributed by atoms with Crippen molar-refractivity contribution in [3.8, 4) is 0 Å². The third kappa shape index (κ3) is 3.73. The van der Waals surface area contributed by atoms with Crippen LogP contribution in [0.3, 0.4) is 0 Å². The number of nitrogens with zero attached hydrogens (tertiary/aromatic N) is 1. The van der Waals surface area contributed by atoms with Crippen LogP contribution in [-0.2, 0) is 15.4 Å². The zero-order valence-corrected chi connectivity index (χ0v) is 12.2. The quantitative estimate of drug-likeness (QED) is 0.598. The number of carbonyl (C=O) groups is 2. The van der Waals surface area contributed by atoms with Crippen molar-refractivity contribution in [2.75, 3.05) is 13.2 Å². The molecule has 5 heteroatoms. The smallest absolute Gasteiger partial charge is 0.325 e. The monoisotopic (exact) mass is 295 g/mol. The van der Waals surface area contributed by atoms with Gasteiger partial charge in [-0.25, -0.2) is 0 Å². The zero-order valence-electron chi connectivity index (χ0n) is 11.5. The molecule has 0 aromatic heterocycles. The molecule has 1 aliphatic rings. The SMILES string of the molecule is CCOC(=O)CN(C(=O)c1cccc(CCl)c1)C1CC1. The maximum absolute atomic E-state index is 12.5. The summed E-state index contributed by atoms with van der Waals surface area (Å²) in [6, 6.07) is 7.36. The van der Waals surface area contributed by atoms with Crippen LogP contribution in [0.1, 0.15) is 35.7 Å². The van der Waals surface area contributed by atoms with E-state index in [1.807, 2.05) is 6.07 Å². The molecule has 0 radical (unpaired) electrons. The first-order valence-electron chi connectivity index (χ1n) is 6.77. The maximum atomic E-state index is 12.5. The number of hydrogen-bond acceptors (Lipinski definition) is 3. The Labute approximate surface area is 123 Å². The number of benzene rings is 1. The molecule has 1 saturated carbocycles. The molecule has 108 valence electrons. The van der Waals surface area contributed by atoms with Crippen molar-refractivity contribution in [3.63, 3.8) is 0 Å². The van der Waals surface area contributed by atoms with E-state index in [0.29, 0.717) is 18.1 Å². The van der Waals surface area contributed by atoms with E-state index in [0.717, 1.165) is 18.4 Å². The Morgan fingerprint density at radius 3 is 2.75 bits per heavy atom. The minimum atomic E-state index is -0.360. The summed E-state index contributed by atoms with van der Waals surface area (Å²) in [7, 11) is 0. The Kier molecular flexibility index (Phi) is 5.01. The topological polar surface area (TPSA) is 46.6 Å². The Morgan fingerprint density at radius 2 is 2.15 bits per heavy atom. The lowest BCUT2D eigenvalue weighted by Gasteiger charge is -2.21. The van der Waals surface area contributed by atoms with Gasteiger partial charge in [-0.3, -0.25) is 9.59 Å². The second kappa shape index (κ2) is 6.75. The van der Waals surface area contributed by atoms with E-state index in [1.54, 1.807) is 30.0 Å². The molecular formula is C15H18ClNO3. The van der Waals surface area contributed by atoms with E-state index < -0.39 is 0 Å². The average Bonchev–Trinajstić information content (AvgIpc) is 3.29. The van der Waals surface area contributed by atoms with Crippen molar-refractivity contribution in [3.05, 3.63) is 35.4 Å². The van der Waals surface area contributed by atoms with Crippen LogP contribution in [0.15, 0.2) is 24.3 Å². The molecule has 0 spiro atoms. The van der Waals surface area contributed by atoms with Gasteiger partial charge in [0.2, 0.25) is 0 Å². The first-order valence-corrected chi connectivity index (χ1v) is 7.30. The number of hydrogen-bond donors (Lipinski definition) is 0. The van der Waals surface area contributed by atoms with Crippen LogP contribution >= 0.6 is 11.6 Å². The summed E-state index contributed by atoms with van der Waals surface area (Å²) >= 11 is 5.78. The number of ether oxygens (including phenoxy) is 1. The van der Waals surface area contributed by atoms with Crippen LogP contribution in [0.25, 0.3) is 0 Å². The van der Waals surface area contributed by atoms with Crippen LogP contribution in [-0.4, -0.2) is 36.0 Å². The number of alkyl halides is 1. The summed E-state index contributed by atoms with van der Waals surface area (Å²) in [6.45, 7) is 2.10. The highest BCUT2D eigenvalue weighted by Gasteiger charge is 2.34. The van der Waals surface area contributed by atoms with Crippen LogP contribution in [0.2, 0.25) is 0 Å². The van der Waals surface area contributed by atoms with Gasteiger partial charge in [0.25, 0.3) is 5.91 Å². The van der Waals surface area contributed by atoms with Gasteiger partial charge in [-0.1, -0.05) is 12.1 Å². The summed E-state index contributed by atoms with van der Waals surface area (Å²) in [6.07, 6.45) is 1.89. The van der Waals surface area contributed by atoms with Crippen molar-refractivity contribution in [2.45, 2.75) is 31.7 Å². The van der Waals surface area contributed by atoms with E-state index in [2.05, 4.69) is 0 Å². The first-order chi connectivity index (χ1) is 9.65. The minimum absolute atomic E-state index is 0.0163. The zero-order chi connectivity index (χ0) is 14.5. The molecule has 20 heavy (non-hydrogen) atoms. The van der Waals surface area contributed by atoms with E-state index in [-0.39, 0.29) is 24.5 Å². The standard InChI is InChI=1S/C15H18ClNO3/c1-2-20-14(18)10-17(13-6-7-13)15(19)12-5-3-4-11(8-12)9-16/h3-5,8,13H,2,6-7,9-10H2,1H3. The van der Waals surface area contributed by atoms with Gasteiger partial charge in [-0.05, 0) is 37.5 Å². The third-order valence-electron chi connectivity index (χ3n) is 3.18. The lowest BCUT2D eigenvalue weighted by atomic mass is 10.1. The van der Waals surface area contributed by atoms with Gasteiger partial charge < -0.3 is 9.64 Å². The van der Waals surface area contributed by atoms with Gasteiger partial charge in [-0.2, -0.15) is 0 Å². The van der Waals surface area contributed by atoms with Crippen molar-refractivity contribution in [1.82, 2.24) is 4.90 Å². The molecule has 1 amide bonds. The van der Waals surface area contributed by atoms with E-state index >= 15 is 0 Å². The van der Waals surface area contributed by atoms with Crippen LogP contribution in [0, 0.1) is 0 Å². The second-order valence-electron chi connectivity index (χ2n) is 4.80. The Bertz CT molecular complexity index is 500. The van der Waals surface area contributed by atoms with E-state index in [1.165, 1.54) is 0 Å². The summed E-state index contributed by atoms with van der Waals surface area (Å²) in [4.78, 5) is 25.7. The molecule has 1 aliphatic carbocycles. The van der Waals surface area contributed by atoms with Crippen molar-refractivity contribution in [1.29, 1.82) is 0 Å². The van der Waals surface area contributed by atoms with Gasteiger partial charge in [0, 0.05) is 17.5 Å².